The standard InChI is InChI=1S/C23H29N5O3S/c29-19(24-21(30)25-23-9-14-6-15(10-23)8-16(7-14)11-23)13-32-22-27-26-20(17-3-4-17)28(22)12-18-2-1-5-31-18/h1-2,5,14-17H,3-4,6-13H2,(H2,24,25,29,30). The van der Waals surface area contributed by atoms with E-state index in [1.54, 1.807) is 6.26 Å². The van der Waals surface area contributed by atoms with Crippen molar-refractivity contribution < 1.29 is 14.0 Å². The second-order valence-electron chi connectivity index (χ2n) is 10.3. The average molecular weight is 456 g/mol. The Hall–Kier alpha value is -2.29. The molecule has 7 rings (SSSR count). The summed E-state index contributed by atoms with van der Waals surface area (Å²) in [5.41, 5.74) is -0.103. The number of hydrogen-bond acceptors (Lipinski definition) is 6. The number of aromatic nitrogens is 3. The van der Waals surface area contributed by atoms with Crippen LogP contribution in [-0.2, 0) is 11.3 Å². The van der Waals surface area contributed by atoms with Gasteiger partial charge in [0.15, 0.2) is 5.16 Å². The van der Waals surface area contributed by atoms with Gasteiger partial charge in [-0.1, -0.05) is 11.8 Å². The number of rotatable bonds is 7. The number of carbonyl (C=O) groups excluding carboxylic acids is 2. The highest BCUT2D eigenvalue weighted by Crippen LogP contribution is 2.55. The Bertz CT molecular complexity index is 978. The van der Waals surface area contributed by atoms with E-state index < -0.39 is 0 Å². The van der Waals surface area contributed by atoms with Crippen LogP contribution in [0, 0.1) is 17.8 Å². The molecule has 2 heterocycles. The smallest absolute Gasteiger partial charge is 0.321 e. The molecule has 2 aromatic heterocycles. The number of amides is 3. The van der Waals surface area contributed by atoms with E-state index in [0.717, 1.165) is 61.4 Å². The topological polar surface area (TPSA) is 102 Å². The number of nitrogens with one attached hydrogen (secondary N) is 2. The van der Waals surface area contributed by atoms with E-state index in [2.05, 4.69) is 20.8 Å². The third-order valence-corrected chi connectivity index (χ3v) is 8.55. The highest BCUT2D eigenvalue weighted by molar-refractivity contribution is 7.99. The molecule has 9 heteroatoms. The fourth-order valence-electron chi connectivity index (χ4n) is 6.59. The number of hydrogen-bond donors (Lipinski definition) is 2. The van der Waals surface area contributed by atoms with Crippen LogP contribution in [-0.4, -0.2) is 38.0 Å². The lowest BCUT2D eigenvalue weighted by Crippen LogP contribution is -2.61. The van der Waals surface area contributed by atoms with E-state index >= 15 is 0 Å². The summed E-state index contributed by atoms with van der Waals surface area (Å²) in [5, 5.41) is 15.1. The van der Waals surface area contributed by atoms with Gasteiger partial charge in [0.05, 0.1) is 18.6 Å². The highest BCUT2D eigenvalue weighted by atomic mass is 32.2. The van der Waals surface area contributed by atoms with Gasteiger partial charge in [0.1, 0.15) is 11.6 Å². The van der Waals surface area contributed by atoms with Crippen molar-refractivity contribution in [2.75, 3.05) is 5.75 Å². The Morgan fingerprint density at radius 2 is 1.84 bits per heavy atom. The predicted octanol–water partition coefficient (Wildman–Crippen LogP) is 3.68. The van der Waals surface area contributed by atoms with Gasteiger partial charge in [-0.3, -0.25) is 14.7 Å². The van der Waals surface area contributed by atoms with Crippen LogP contribution in [0.1, 0.15) is 68.9 Å². The molecule has 0 unspecified atom stereocenters. The molecule has 3 amide bonds. The molecule has 0 atom stereocenters. The lowest BCUT2D eigenvalue weighted by Gasteiger charge is -2.56. The zero-order valence-corrected chi connectivity index (χ0v) is 18.9. The summed E-state index contributed by atoms with van der Waals surface area (Å²) in [6, 6.07) is 3.43. The molecule has 32 heavy (non-hydrogen) atoms. The molecule has 170 valence electrons. The van der Waals surface area contributed by atoms with Crippen LogP contribution in [0.25, 0.3) is 0 Å². The first-order valence-electron chi connectivity index (χ1n) is 11.8. The third-order valence-electron chi connectivity index (χ3n) is 7.58. The van der Waals surface area contributed by atoms with E-state index in [9.17, 15) is 9.59 Å². The van der Waals surface area contributed by atoms with Crippen LogP contribution in [0.5, 0.6) is 0 Å². The van der Waals surface area contributed by atoms with E-state index in [1.165, 1.54) is 31.0 Å². The Morgan fingerprint density at radius 1 is 1.12 bits per heavy atom. The van der Waals surface area contributed by atoms with Crippen molar-refractivity contribution in [1.29, 1.82) is 0 Å². The minimum absolute atomic E-state index is 0.103. The summed E-state index contributed by atoms with van der Waals surface area (Å²) in [4.78, 5) is 25.2. The molecule has 2 aromatic rings. The van der Waals surface area contributed by atoms with Gasteiger partial charge < -0.3 is 9.73 Å². The van der Waals surface area contributed by atoms with Crippen molar-refractivity contribution in [3.63, 3.8) is 0 Å². The van der Waals surface area contributed by atoms with Crippen molar-refractivity contribution in [2.45, 2.75) is 74.5 Å². The molecule has 0 spiro atoms. The maximum absolute atomic E-state index is 12.6. The van der Waals surface area contributed by atoms with E-state index in [-0.39, 0.29) is 23.2 Å². The van der Waals surface area contributed by atoms with Gasteiger partial charge in [0, 0.05) is 11.5 Å². The van der Waals surface area contributed by atoms with Crippen LogP contribution < -0.4 is 10.6 Å². The molecule has 0 radical (unpaired) electrons. The second kappa shape index (κ2) is 7.93. The van der Waals surface area contributed by atoms with Crippen molar-refractivity contribution in [2.24, 2.45) is 17.8 Å². The molecule has 4 bridgehead atoms. The Labute approximate surface area is 191 Å². The Kier molecular flexibility index (Phi) is 5.04. The third kappa shape index (κ3) is 4.07. The van der Waals surface area contributed by atoms with Crippen LogP contribution in [0.3, 0.4) is 0 Å². The molecular formula is C23H29N5O3S. The van der Waals surface area contributed by atoms with Crippen LogP contribution in [0.15, 0.2) is 28.0 Å². The van der Waals surface area contributed by atoms with Gasteiger partial charge in [-0.05, 0) is 81.3 Å². The van der Waals surface area contributed by atoms with E-state index in [1.807, 2.05) is 16.7 Å². The summed E-state index contributed by atoms with van der Waals surface area (Å²) >= 11 is 1.31. The predicted molar refractivity (Wildman–Crippen MR) is 118 cm³/mol. The summed E-state index contributed by atoms with van der Waals surface area (Å²) in [6.07, 6.45) is 11.0. The lowest BCUT2D eigenvalue weighted by atomic mass is 9.53. The number of imide groups is 1. The van der Waals surface area contributed by atoms with Gasteiger partial charge in [-0.25, -0.2) is 4.79 Å². The molecule has 5 saturated carbocycles. The van der Waals surface area contributed by atoms with Gasteiger partial charge in [-0.2, -0.15) is 0 Å². The minimum Gasteiger partial charge on any atom is -0.467 e. The SMILES string of the molecule is O=C(CSc1nnc(C2CC2)n1Cc1ccco1)NC(=O)NC12CC3CC(CC(C3)C1)C2. The quantitative estimate of drug-likeness (QED) is 0.618. The minimum atomic E-state index is -0.353. The number of furan rings is 1. The van der Waals surface area contributed by atoms with Crippen LogP contribution in [0.4, 0.5) is 4.79 Å². The van der Waals surface area contributed by atoms with Gasteiger partial charge in [0.25, 0.3) is 0 Å². The monoisotopic (exact) mass is 455 g/mol. The Morgan fingerprint density at radius 3 is 2.47 bits per heavy atom. The number of carbonyl (C=O) groups is 2. The van der Waals surface area contributed by atoms with Gasteiger partial charge in [-0.15, -0.1) is 10.2 Å². The first-order valence-corrected chi connectivity index (χ1v) is 12.7. The number of thioether (sulfide) groups is 1. The summed E-state index contributed by atoms with van der Waals surface area (Å²) in [6.45, 7) is 0.544. The normalized spacial score (nSPS) is 30.4. The van der Waals surface area contributed by atoms with Crippen molar-refractivity contribution in [1.82, 2.24) is 25.4 Å². The average Bonchev–Trinajstić information content (AvgIpc) is 3.28. The fourth-order valence-corrected chi connectivity index (χ4v) is 7.33. The summed E-state index contributed by atoms with van der Waals surface area (Å²) in [7, 11) is 0. The highest BCUT2D eigenvalue weighted by Gasteiger charge is 2.51. The number of urea groups is 1. The Balaban J connectivity index is 1.05. The first kappa shape index (κ1) is 20.3. The second-order valence-corrected chi connectivity index (χ2v) is 11.2. The van der Waals surface area contributed by atoms with Crippen LogP contribution >= 0.6 is 11.8 Å². The fraction of sp³-hybridized carbons (Fsp3) is 0.652. The molecular weight excluding hydrogens is 426 g/mol. The molecule has 5 aliphatic carbocycles. The van der Waals surface area contributed by atoms with Crippen molar-refractivity contribution in [3.8, 4) is 0 Å². The molecule has 0 saturated heterocycles. The molecule has 8 nitrogen and oxygen atoms in total. The summed E-state index contributed by atoms with van der Waals surface area (Å²) in [5.74, 6) is 4.26. The molecule has 0 aliphatic heterocycles. The largest absolute Gasteiger partial charge is 0.467 e. The maximum Gasteiger partial charge on any atom is 0.321 e. The molecule has 0 aromatic carbocycles. The first-order chi connectivity index (χ1) is 15.6. The summed E-state index contributed by atoms with van der Waals surface area (Å²) < 4.78 is 7.52. The molecule has 2 N–H and O–H groups in total. The molecule has 5 fully saturated rings. The lowest BCUT2D eigenvalue weighted by molar-refractivity contribution is -0.117. The number of nitrogens with zero attached hydrogens (tertiary/aromatic N) is 3. The zero-order valence-electron chi connectivity index (χ0n) is 18.1. The van der Waals surface area contributed by atoms with Crippen LogP contribution in [0.2, 0.25) is 0 Å². The van der Waals surface area contributed by atoms with Gasteiger partial charge >= 0.3 is 6.03 Å². The van der Waals surface area contributed by atoms with Crippen molar-refractivity contribution in [3.05, 3.63) is 30.0 Å². The van der Waals surface area contributed by atoms with E-state index in [0.29, 0.717) is 17.6 Å². The molecule has 5 aliphatic rings. The zero-order chi connectivity index (χ0) is 21.7. The van der Waals surface area contributed by atoms with Crippen molar-refractivity contribution >= 4 is 23.7 Å². The van der Waals surface area contributed by atoms with Gasteiger partial charge in [0.2, 0.25) is 5.91 Å². The van der Waals surface area contributed by atoms with E-state index in [4.69, 9.17) is 4.42 Å². The maximum atomic E-state index is 12.6.